The number of thioether (sulfide) groups is 1. The van der Waals surface area contributed by atoms with Crippen LogP contribution in [0.5, 0.6) is 0 Å². The van der Waals surface area contributed by atoms with Gasteiger partial charge >= 0.3 is 0 Å². The fourth-order valence-corrected chi connectivity index (χ4v) is 5.02. The van der Waals surface area contributed by atoms with Gasteiger partial charge in [-0.05, 0) is 61.3 Å². The number of pyridine rings is 1. The molecular formula is C16H24N2S. The molecule has 1 aliphatic heterocycles. The van der Waals surface area contributed by atoms with Gasteiger partial charge in [-0.15, -0.1) is 0 Å². The van der Waals surface area contributed by atoms with Crippen LogP contribution in [-0.4, -0.2) is 29.1 Å². The number of aryl methyl sites for hydroxylation is 1. The van der Waals surface area contributed by atoms with Gasteiger partial charge in [-0.2, -0.15) is 11.8 Å². The second-order valence-corrected chi connectivity index (χ2v) is 6.90. The van der Waals surface area contributed by atoms with Crippen molar-refractivity contribution in [2.75, 3.05) is 18.1 Å². The van der Waals surface area contributed by atoms with Gasteiger partial charge in [0.2, 0.25) is 0 Å². The molecular weight excluding hydrogens is 252 g/mol. The minimum atomic E-state index is 0.633. The van der Waals surface area contributed by atoms with Gasteiger partial charge in [0, 0.05) is 23.9 Å². The molecule has 0 bridgehead atoms. The van der Waals surface area contributed by atoms with Crippen LogP contribution in [0.25, 0.3) is 0 Å². The maximum Gasteiger partial charge on any atom is 0.0482 e. The Morgan fingerprint density at radius 2 is 2.42 bits per heavy atom. The zero-order valence-electron chi connectivity index (χ0n) is 11.8. The van der Waals surface area contributed by atoms with E-state index in [1.54, 1.807) is 0 Å². The van der Waals surface area contributed by atoms with Crippen LogP contribution in [0.4, 0.5) is 0 Å². The first-order chi connectivity index (χ1) is 9.40. The number of hydrogen-bond donors (Lipinski definition) is 1. The van der Waals surface area contributed by atoms with Crippen LogP contribution < -0.4 is 5.32 Å². The average Bonchev–Trinajstić information content (AvgIpc) is 2.98. The van der Waals surface area contributed by atoms with Gasteiger partial charge in [0.1, 0.15) is 0 Å². The van der Waals surface area contributed by atoms with Gasteiger partial charge in [0.25, 0.3) is 0 Å². The van der Waals surface area contributed by atoms with Crippen molar-refractivity contribution in [1.82, 2.24) is 10.3 Å². The van der Waals surface area contributed by atoms with Gasteiger partial charge in [0.05, 0.1) is 0 Å². The van der Waals surface area contributed by atoms with E-state index in [-0.39, 0.29) is 0 Å². The first-order valence-corrected chi connectivity index (χ1v) is 8.80. The van der Waals surface area contributed by atoms with Crippen LogP contribution >= 0.6 is 11.8 Å². The number of hydrogen-bond acceptors (Lipinski definition) is 3. The highest BCUT2D eigenvalue weighted by atomic mass is 32.2. The first-order valence-electron chi connectivity index (χ1n) is 7.65. The number of likely N-dealkylation sites (N-methyl/N-ethyl adjacent to an activating group) is 1. The molecule has 0 aromatic carbocycles. The van der Waals surface area contributed by atoms with Crippen molar-refractivity contribution in [2.45, 2.75) is 44.6 Å². The SMILES string of the molecule is CCNC(C1CCSC1)C1CCCc2cccnc21. The van der Waals surface area contributed by atoms with Crippen LogP contribution in [0.3, 0.4) is 0 Å². The number of nitrogens with zero attached hydrogens (tertiary/aromatic N) is 1. The summed E-state index contributed by atoms with van der Waals surface area (Å²) in [5.74, 6) is 4.14. The highest BCUT2D eigenvalue weighted by molar-refractivity contribution is 7.99. The van der Waals surface area contributed by atoms with E-state index < -0.39 is 0 Å². The van der Waals surface area contributed by atoms with Crippen LogP contribution in [-0.2, 0) is 6.42 Å². The molecule has 1 aliphatic carbocycles. The third kappa shape index (κ3) is 2.82. The standard InChI is InChI=1S/C16H24N2S/c1-2-17-16(13-8-10-19-11-13)14-7-3-5-12-6-4-9-18-15(12)14/h4,6,9,13-14,16-17H,2-3,5,7-8,10-11H2,1H3. The van der Waals surface area contributed by atoms with Gasteiger partial charge in [-0.3, -0.25) is 4.98 Å². The van der Waals surface area contributed by atoms with Gasteiger partial charge in [-0.25, -0.2) is 0 Å². The first kappa shape index (κ1) is 13.4. The molecule has 0 radical (unpaired) electrons. The molecule has 0 spiro atoms. The van der Waals surface area contributed by atoms with E-state index in [2.05, 4.69) is 36.1 Å². The van der Waals surface area contributed by atoms with E-state index in [1.807, 2.05) is 6.20 Å². The molecule has 19 heavy (non-hydrogen) atoms. The fourth-order valence-electron chi connectivity index (χ4n) is 3.70. The van der Waals surface area contributed by atoms with E-state index in [0.29, 0.717) is 12.0 Å². The predicted octanol–water partition coefficient (Wildman–Crippen LogP) is 3.23. The fraction of sp³-hybridized carbons (Fsp3) is 0.688. The van der Waals surface area contributed by atoms with E-state index in [1.165, 1.54) is 48.4 Å². The minimum absolute atomic E-state index is 0.633. The lowest BCUT2D eigenvalue weighted by Gasteiger charge is -2.35. The Labute approximate surface area is 120 Å². The lowest BCUT2D eigenvalue weighted by atomic mass is 9.77. The van der Waals surface area contributed by atoms with E-state index in [4.69, 9.17) is 4.98 Å². The Morgan fingerprint density at radius 1 is 1.47 bits per heavy atom. The molecule has 1 aromatic heterocycles. The molecule has 2 heterocycles. The summed E-state index contributed by atoms with van der Waals surface area (Å²) in [6.45, 7) is 3.31. The summed E-state index contributed by atoms with van der Waals surface area (Å²) in [6, 6.07) is 5.00. The Morgan fingerprint density at radius 3 is 3.21 bits per heavy atom. The van der Waals surface area contributed by atoms with Crippen LogP contribution in [0.15, 0.2) is 18.3 Å². The topological polar surface area (TPSA) is 24.9 Å². The smallest absolute Gasteiger partial charge is 0.0482 e. The Hall–Kier alpha value is -0.540. The van der Waals surface area contributed by atoms with Crippen LogP contribution in [0.2, 0.25) is 0 Å². The molecule has 1 fully saturated rings. The predicted molar refractivity (Wildman–Crippen MR) is 82.8 cm³/mol. The highest BCUT2D eigenvalue weighted by Gasteiger charge is 2.35. The summed E-state index contributed by atoms with van der Waals surface area (Å²) in [4.78, 5) is 4.73. The zero-order chi connectivity index (χ0) is 13.1. The molecule has 0 amide bonds. The Bertz CT molecular complexity index is 415. The highest BCUT2D eigenvalue weighted by Crippen LogP contribution is 2.38. The summed E-state index contributed by atoms with van der Waals surface area (Å²) in [7, 11) is 0. The summed E-state index contributed by atoms with van der Waals surface area (Å²) in [5, 5.41) is 3.78. The maximum absolute atomic E-state index is 4.73. The average molecular weight is 276 g/mol. The molecule has 1 N–H and O–H groups in total. The molecule has 104 valence electrons. The van der Waals surface area contributed by atoms with Gasteiger partial charge in [-0.1, -0.05) is 13.0 Å². The molecule has 1 aromatic rings. The summed E-state index contributed by atoms with van der Waals surface area (Å²) in [5.41, 5.74) is 2.88. The largest absolute Gasteiger partial charge is 0.313 e. The molecule has 3 unspecified atom stereocenters. The van der Waals surface area contributed by atoms with Crippen molar-refractivity contribution in [2.24, 2.45) is 5.92 Å². The van der Waals surface area contributed by atoms with Crippen molar-refractivity contribution in [3.05, 3.63) is 29.6 Å². The summed E-state index contributed by atoms with van der Waals surface area (Å²) in [6.07, 6.45) is 7.20. The second-order valence-electron chi connectivity index (χ2n) is 5.75. The van der Waals surface area contributed by atoms with Crippen LogP contribution in [0.1, 0.15) is 43.4 Å². The van der Waals surface area contributed by atoms with Gasteiger partial charge in [0.15, 0.2) is 0 Å². The van der Waals surface area contributed by atoms with E-state index >= 15 is 0 Å². The lowest BCUT2D eigenvalue weighted by Crippen LogP contribution is -2.42. The van der Waals surface area contributed by atoms with Gasteiger partial charge < -0.3 is 5.32 Å². The van der Waals surface area contributed by atoms with Crippen molar-refractivity contribution in [3.63, 3.8) is 0 Å². The molecule has 3 heteroatoms. The van der Waals surface area contributed by atoms with Crippen molar-refractivity contribution in [3.8, 4) is 0 Å². The van der Waals surface area contributed by atoms with Crippen molar-refractivity contribution >= 4 is 11.8 Å². The Kier molecular flexibility index (Phi) is 4.44. The van der Waals surface area contributed by atoms with Crippen molar-refractivity contribution in [1.29, 1.82) is 0 Å². The molecule has 3 atom stereocenters. The maximum atomic E-state index is 4.73. The van der Waals surface area contributed by atoms with E-state index in [9.17, 15) is 0 Å². The molecule has 1 saturated heterocycles. The Balaban J connectivity index is 1.86. The lowest BCUT2D eigenvalue weighted by molar-refractivity contribution is 0.306. The summed E-state index contributed by atoms with van der Waals surface area (Å²) >= 11 is 2.12. The number of fused-ring (bicyclic) bond motifs is 1. The third-order valence-corrected chi connectivity index (χ3v) is 5.77. The monoisotopic (exact) mass is 276 g/mol. The zero-order valence-corrected chi connectivity index (χ0v) is 12.6. The number of rotatable bonds is 4. The summed E-state index contributed by atoms with van der Waals surface area (Å²) < 4.78 is 0. The molecule has 0 saturated carbocycles. The molecule has 2 aliphatic rings. The number of aromatic nitrogens is 1. The molecule has 2 nitrogen and oxygen atoms in total. The van der Waals surface area contributed by atoms with Crippen molar-refractivity contribution < 1.29 is 0 Å². The normalized spacial score (nSPS) is 28.1. The second kappa shape index (κ2) is 6.27. The third-order valence-electron chi connectivity index (χ3n) is 4.58. The number of nitrogens with one attached hydrogen (secondary N) is 1. The minimum Gasteiger partial charge on any atom is -0.313 e. The van der Waals surface area contributed by atoms with Crippen LogP contribution in [0, 0.1) is 5.92 Å². The van der Waals surface area contributed by atoms with E-state index in [0.717, 1.165) is 12.5 Å². The molecule has 3 rings (SSSR count). The quantitative estimate of drug-likeness (QED) is 0.914.